The highest BCUT2D eigenvalue weighted by Crippen LogP contribution is 2.20. The zero-order chi connectivity index (χ0) is 18.4. The molecule has 27 heavy (non-hydrogen) atoms. The minimum atomic E-state index is -0.170. The van der Waals surface area contributed by atoms with Crippen LogP contribution in [0.5, 0.6) is 0 Å². The van der Waals surface area contributed by atoms with Gasteiger partial charge in [-0.15, -0.1) is 24.0 Å². The number of hydrogen-bond donors (Lipinski definition) is 1. The number of aromatic nitrogens is 2. The van der Waals surface area contributed by atoms with E-state index in [0.717, 1.165) is 38.7 Å². The van der Waals surface area contributed by atoms with Crippen LogP contribution in [-0.4, -0.2) is 60.3 Å². The SMILES string of the molecule is CCNC(=NCCc1nc(C)no1)N1CCN(c2ccccc2F)CC1.I. The van der Waals surface area contributed by atoms with Gasteiger partial charge in [0.15, 0.2) is 11.8 Å². The summed E-state index contributed by atoms with van der Waals surface area (Å²) in [6.07, 6.45) is 0.616. The summed E-state index contributed by atoms with van der Waals surface area (Å²) in [6.45, 7) is 8.33. The van der Waals surface area contributed by atoms with Crippen molar-refractivity contribution >= 4 is 35.6 Å². The smallest absolute Gasteiger partial charge is 0.228 e. The zero-order valence-electron chi connectivity index (χ0n) is 15.7. The molecule has 1 aliphatic heterocycles. The average Bonchev–Trinajstić information content (AvgIpc) is 3.07. The first-order valence-electron chi connectivity index (χ1n) is 8.99. The lowest BCUT2D eigenvalue weighted by molar-refractivity contribution is 0.367. The Hall–Kier alpha value is -1.91. The monoisotopic (exact) mass is 488 g/mol. The fraction of sp³-hybridized carbons (Fsp3) is 0.500. The van der Waals surface area contributed by atoms with Gasteiger partial charge in [-0.1, -0.05) is 17.3 Å². The Morgan fingerprint density at radius 3 is 2.63 bits per heavy atom. The molecule has 0 amide bonds. The van der Waals surface area contributed by atoms with Crippen LogP contribution in [0.1, 0.15) is 18.6 Å². The summed E-state index contributed by atoms with van der Waals surface area (Å²) in [5.41, 5.74) is 0.667. The number of anilines is 1. The number of nitrogens with one attached hydrogen (secondary N) is 1. The van der Waals surface area contributed by atoms with E-state index in [0.29, 0.717) is 30.4 Å². The first-order chi connectivity index (χ1) is 12.7. The molecular weight excluding hydrogens is 462 g/mol. The Morgan fingerprint density at radius 1 is 1.26 bits per heavy atom. The van der Waals surface area contributed by atoms with Crippen molar-refractivity contribution in [1.29, 1.82) is 0 Å². The van der Waals surface area contributed by atoms with Crippen LogP contribution in [0.3, 0.4) is 0 Å². The molecule has 0 saturated carbocycles. The van der Waals surface area contributed by atoms with Gasteiger partial charge in [0.2, 0.25) is 5.89 Å². The Morgan fingerprint density at radius 2 is 2.00 bits per heavy atom. The third kappa shape index (κ3) is 5.78. The van der Waals surface area contributed by atoms with Crippen molar-refractivity contribution in [2.24, 2.45) is 4.99 Å². The van der Waals surface area contributed by atoms with Crippen LogP contribution < -0.4 is 10.2 Å². The Balaban J connectivity index is 0.00000261. The van der Waals surface area contributed by atoms with Gasteiger partial charge in [0.25, 0.3) is 0 Å². The fourth-order valence-electron chi connectivity index (χ4n) is 2.99. The van der Waals surface area contributed by atoms with Crippen LogP contribution in [0, 0.1) is 12.7 Å². The van der Waals surface area contributed by atoms with Crippen molar-refractivity contribution in [3.63, 3.8) is 0 Å². The molecular formula is C18H26FIN6O. The van der Waals surface area contributed by atoms with Crippen molar-refractivity contribution in [3.8, 4) is 0 Å². The highest BCUT2D eigenvalue weighted by Gasteiger charge is 2.21. The van der Waals surface area contributed by atoms with Crippen LogP contribution in [0.25, 0.3) is 0 Å². The molecule has 0 radical (unpaired) electrons. The minimum absolute atomic E-state index is 0. The maximum Gasteiger partial charge on any atom is 0.228 e. The molecule has 1 fully saturated rings. The Labute approximate surface area is 176 Å². The molecule has 1 aromatic heterocycles. The number of benzene rings is 1. The number of para-hydroxylation sites is 1. The second kappa shape index (κ2) is 10.4. The van der Waals surface area contributed by atoms with Gasteiger partial charge in [-0.25, -0.2) is 4.39 Å². The lowest BCUT2D eigenvalue weighted by atomic mass is 10.2. The summed E-state index contributed by atoms with van der Waals surface area (Å²) in [4.78, 5) is 13.2. The van der Waals surface area contributed by atoms with Gasteiger partial charge >= 0.3 is 0 Å². The summed E-state index contributed by atoms with van der Waals surface area (Å²) in [5.74, 6) is 1.94. The van der Waals surface area contributed by atoms with Crippen LogP contribution in [-0.2, 0) is 6.42 Å². The van der Waals surface area contributed by atoms with Gasteiger partial charge in [-0.05, 0) is 26.0 Å². The van der Waals surface area contributed by atoms with Gasteiger partial charge in [0.1, 0.15) is 5.82 Å². The molecule has 0 spiro atoms. The number of nitrogens with zero attached hydrogens (tertiary/aromatic N) is 5. The Kier molecular flexibility index (Phi) is 8.26. The number of piperazine rings is 1. The van der Waals surface area contributed by atoms with E-state index in [1.807, 2.05) is 19.1 Å². The number of aryl methyl sites for hydroxylation is 1. The van der Waals surface area contributed by atoms with Crippen molar-refractivity contribution in [1.82, 2.24) is 20.4 Å². The van der Waals surface area contributed by atoms with E-state index >= 15 is 0 Å². The molecule has 9 heteroatoms. The fourth-order valence-corrected chi connectivity index (χ4v) is 2.99. The van der Waals surface area contributed by atoms with Crippen molar-refractivity contribution in [2.75, 3.05) is 44.2 Å². The van der Waals surface area contributed by atoms with Crippen LogP contribution in [0.15, 0.2) is 33.8 Å². The first-order valence-corrected chi connectivity index (χ1v) is 8.99. The Bertz CT molecular complexity index is 745. The van der Waals surface area contributed by atoms with Gasteiger partial charge < -0.3 is 19.6 Å². The molecule has 1 aliphatic rings. The summed E-state index contributed by atoms with van der Waals surface area (Å²) < 4.78 is 19.1. The second-order valence-corrected chi connectivity index (χ2v) is 6.15. The highest BCUT2D eigenvalue weighted by molar-refractivity contribution is 14.0. The van der Waals surface area contributed by atoms with E-state index in [4.69, 9.17) is 4.52 Å². The van der Waals surface area contributed by atoms with E-state index in [9.17, 15) is 4.39 Å². The van der Waals surface area contributed by atoms with E-state index < -0.39 is 0 Å². The summed E-state index contributed by atoms with van der Waals surface area (Å²) >= 11 is 0. The number of hydrogen-bond acceptors (Lipinski definition) is 5. The van der Waals surface area contributed by atoms with E-state index in [2.05, 4.69) is 30.2 Å². The largest absolute Gasteiger partial charge is 0.366 e. The average molecular weight is 488 g/mol. The highest BCUT2D eigenvalue weighted by atomic mass is 127. The van der Waals surface area contributed by atoms with E-state index in [1.165, 1.54) is 6.07 Å². The van der Waals surface area contributed by atoms with Crippen molar-refractivity contribution < 1.29 is 8.91 Å². The van der Waals surface area contributed by atoms with E-state index in [-0.39, 0.29) is 29.8 Å². The minimum Gasteiger partial charge on any atom is -0.366 e. The van der Waals surface area contributed by atoms with Crippen molar-refractivity contribution in [2.45, 2.75) is 20.3 Å². The molecule has 0 atom stereocenters. The van der Waals surface area contributed by atoms with Gasteiger partial charge in [-0.2, -0.15) is 4.98 Å². The first kappa shape index (κ1) is 21.4. The lowest BCUT2D eigenvalue weighted by Crippen LogP contribution is -2.52. The molecule has 2 heterocycles. The second-order valence-electron chi connectivity index (χ2n) is 6.15. The van der Waals surface area contributed by atoms with Gasteiger partial charge in [0.05, 0.1) is 12.2 Å². The molecule has 1 aromatic carbocycles. The zero-order valence-corrected chi connectivity index (χ0v) is 18.0. The predicted octanol–water partition coefficient (Wildman–Crippen LogP) is 2.47. The maximum absolute atomic E-state index is 14.0. The lowest BCUT2D eigenvalue weighted by Gasteiger charge is -2.37. The quantitative estimate of drug-likeness (QED) is 0.396. The molecule has 7 nitrogen and oxygen atoms in total. The molecule has 0 aliphatic carbocycles. The third-order valence-corrected chi connectivity index (χ3v) is 4.26. The number of rotatable bonds is 5. The molecule has 3 rings (SSSR count). The van der Waals surface area contributed by atoms with Crippen LogP contribution >= 0.6 is 24.0 Å². The molecule has 0 unspecified atom stereocenters. The van der Waals surface area contributed by atoms with E-state index in [1.54, 1.807) is 13.0 Å². The molecule has 0 bridgehead atoms. The summed E-state index contributed by atoms with van der Waals surface area (Å²) in [7, 11) is 0. The number of guanidine groups is 1. The molecule has 148 valence electrons. The molecule has 1 N–H and O–H groups in total. The van der Waals surface area contributed by atoms with Crippen molar-refractivity contribution in [3.05, 3.63) is 41.8 Å². The molecule has 2 aromatic rings. The van der Waals surface area contributed by atoms with Crippen LogP contribution in [0.2, 0.25) is 0 Å². The maximum atomic E-state index is 14.0. The van der Waals surface area contributed by atoms with Gasteiger partial charge in [-0.3, -0.25) is 4.99 Å². The third-order valence-electron chi connectivity index (χ3n) is 4.26. The normalized spacial score (nSPS) is 14.9. The number of aliphatic imine (C=N–C) groups is 1. The molecule has 1 saturated heterocycles. The topological polar surface area (TPSA) is 69.8 Å². The number of halogens is 2. The standard InChI is InChI=1S/C18H25FN6O.HI/c1-3-20-18(21-9-8-17-22-14(2)23-26-17)25-12-10-24(11-13-25)16-7-5-4-6-15(16)19;/h4-7H,3,8-13H2,1-2H3,(H,20,21);1H. The van der Waals surface area contributed by atoms with Gasteiger partial charge in [0, 0.05) is 39.1 Å². The summed E-state index contributed by atoms with van der Waals surface area (Å²) in [5, 5.41) is 7.11. The van der Waals surface area contributed by atoms with Crippen LogP contribution in [0.4, 0.5) is 10.1 Å². The summed E-state index contributed by atoms with van der Waals surface area (Å²) in [6, 6.07) is 6.93. The predicted molar refractivity (Wildman–Crippen MR) is 114 cm³/mol.